The molecule has 3 aromatic rings. The molecule has 1 atom stereocenters. The summed E-state index contributed by atoms with van der Waals surface area (Å²) in [5.74, 6) is 0.179. The zero-order valence-corrected chi connectivity index (χ0v) is 23.5. The molecule has 7 heteroatoms. The van der Waals surface area contributed by atoms with Crippen molar-refractivity contribution in [3.05, 3.63) is 101 Å². The van der Waals surface area contributed by atoms with Gasteiger partial charge in [-0.1, -0.05) is 72.3 Å². The molecule has 1 unspecified atom stereocenters. The SMILES string of the molecule is O=S(=O)(NCCC(CCN1CCC(O)(CCCc2ccccc2)CC1)c1cccc(Cl)c1)c1ccccc1. The lowest BCUT2D eigenvalue weighted by Gasteiger charge is -2.39. The summed E-state index contributed by atoms with van der Waals surface area (Å²) in [5.41, 5.74) is 1.88. The van der Waals surface area contributed by atoms with E-state index in [2.05, 4.69) is 40.0 Å². The van der Waals surface area contributed by atoms with E-state index < -0.39 is 15.6 Å². The number of hydrogen-bond donors (Lipinski definition) is 2. The Morgan fingerprint density at radius 1 is 0.921 bits per heavy atom. The average molecular weight is 555 g/mol. The number of halogens is 1. The largest absolute Gasteiger partial charge is 0.390 e. The third kappa shape index (κ3) is 8.65. The summed E-state index contributed by atoms with van der Waals surface area (Å²) >= 11 is 6.29. The van der Waals surface area contributed by atoms with Crippen LogP contribution in [0, 0.1) is 0 Å². The summed E-state index contributed by atoms with van der Waals surface area (Å²) in [6.07, 6.45) is 6.01. The number of aliphatic hydroxyl groups is 1. The van der Waals surface area contributed by atoms with Crippen LogP contribution in [0.3, 0.4) is 0 Å². The second-order valence-corrected chi connectivity index (χ2v) is 12.6. The molecule has 0 radical (unpaired) electrons. The van der Waals surface area contributed by atoms with E-state index in [1.807, 2.05) is 24.3 Å². The van der Waals surface area contributed by atoms with E-state index in [0.29, 0.717) is 18.0 Å². The molecule has 0 aromatic heterocycles. The first-order valence-electron chi connectivity index (χ1n) is 13.6. The lowest BCUT2D eigenvalue weighted by atomic mass is 9.85. The van der Waals surface area contributed by atoms with Gasteiger partial charge in [0, 0.05) is 24.7 Å². The van der Waals surface area contributed by atoms with Crippen molar-refractivity contribution in [3.63, 3.8) is 0 Å². The van der Waals surface area contributed by atoms with Gasteiger partial charge in [-0.05, 0) is 92.8 Å². The van der Waals surface area contributed by atoms with Gasteiger partial charge in [0.15, 0.2) is 0 Å². The second kappa shape index (κ2) is 13.7. The van der Waals surface area contributed by atoms with Gasteiger partial charge in [-0.2, -0.15) is 0 Å². The highest BCUT2D eigenvalue weighted by atomic mass is 35.5. The highest BCUT2D eigenvalue weighted by molar-refractivity contribution is 7.89. The zero-order chi connectivity index (χ0) is 26.8. The third-order valence-corrected chi connectivity index (χ3v) is 9.40. The minimum Gasteiger partial charge on any atom is -0.390 e. The molecular weight excluding hydrogens is 516 g/mol. The maximum Gasteiger partial charge on any atom is 0.240 e. The number of sulfonamides is 1. The van der Waals surface area contributed by atoms with Crippen molar-refractivity contribution < 1.29 is 13.5 Å². The van der Waals surface area contributed by atoms with Crippen LogP contribution in [0.15, 0.2) is 89.8 Å². The molecule has 1 aliphatic heterocycles. The van der Waals surface area contributed by atoms with Crippen molar-refractivity contribution in [1.29, 1.82) is 0 Å². The lowest BCUT2D eigenvalue weighted by molar-refractivity contribution is -0.0292. The Labute approximate surface area is 232 Å². The van der Waals surface area contributed by atoms with Crippen LogP contribution in [0.4, 0.5) is 0 Å². The van der Waals surface area contributed by atoms with Gasteiger partial charge in [0.25, 0.3) is 0 Å². The van der Waals surface area contributed by atoms with Crippen LogP contribution in [0.1, 0.15) is 55.6 Å². The quantitative estimate of drug-likeness (QED) is 0.270. The van der Waals surface area contributed by atoms with Crippen molar-refractivity contribution in [2.45, 2.75) is 61.4 Å². The van der Waals surface area contributed by atoms with Crippen LogP contribution >= 0.6 is 11.6 Å². The molecule has 1 heterocycles. The summed E-state index contributed by atoms with van der Waals surface area (Å²) in [5, 5.41) is 11.8. The number of nitrogens with one attached hydrogen (secondary N) is 1. The second-order valence-electron chi connectivity index (χ2n) is 10.4. The summed E-state index contributed by atoms with van der Waals surface area (Å²) in [6, 6.07) is 26.8. The molecule has 0 amide bonds. The molecule has 3 aromatic carbocycles. The maximum absolute atomic E-state index is 12.7. The summed E-state index contributed by atoms with van der Waals surface area (Å²) in [6.45, 7) is 3.02. The van der Waals surface area contributed by atoms with Gasteiger partial charge in [-0.3, -0.25) is 0 Å². The molecule has 2 N–H and O–H groups in total. The van der Waals surface area contributed by atoms with Gasteiger partial charge in [0.2, 0.25) is 10.0 Å². The van der Waals surface area contributed by atoms with Crippen molar-refractivity contribution in [1.82, 2.24) is 9.62 Å². The van der Waals surface area contributed by atoms with Gasteiger partial charge in [0.1, 0.15) is 0 Å². The molecule has 0 spiro atoms. The molecule has 0 aliphatic carbocycles. The van der Waals surface area contributed by atoms with Crippen LogP contribution < -0.4 is 4.72 Å². The van der Waals surface area contributed by atoms with Crippen LogP contribution in [0.2, 0.25) is 5.02 Å². The number of likely N-dealkylation sites (tertiary alicyclic amines) is 1. The molecule has 38 heavy (non-hydrogen) atoms. The van der Waals surface area contributed by atoms with E-state index in [0.717, 1.165) is 63.7 Å². The van der Waals surface area contributed by atoms with Gasteiger partial charge in [-0.15, -0.1) is 0 Å². The minimum atomic E-state index is -3.53. The minimum absolute atomic E-state index is 0.179. The Balaban J connectivity index is 1.27. The van der Waals surface area contributed by atoms with E-state index in [-0.39, 0.29) is 10.8 Å². The number of aryl methyl sites for hydroxylation is 1. The highest BCUT2D eigenvalue weighted by Crippen LogP contribution is 2.30. The molecule has 1 fully saturated rings. The van der Waals surface area contributed by atoms with E-state index in [1.54, 1.807) is 30.3 Å². The molecular formula is C31H39ClN2O3S. The first-order chi connectivity index (χ1) is 18.3. The molecule has 0 saturated carbocycles. The fourth-order valence-corrected chi connectivity index (χ4v) is 6.60. The topological polar surface area (TPSA) is 69.6 Å². The van der Waals surface area contributed by atoms with Crippen LogP contribution in [-0.2, 0) is 16.4 Å². The maximum atomic E-state index is 12.7. The van der Waals surface area contributed by atoms with Crippen LogP contribution in [0.25, 0.3) is 0 Å². The van der Waals surface area contributed by atoms with E-state index in [9.17, 15) is 13.5 Å². The number of nitrogens with zero attached hydrogens (tertiary/aromatic N) is 1. The van der Waals surface area contributed by atoms with E-state index in [4.69, 9.17) is 11.6 Å². The third-order valence-electron chi connectivity index (χ3n) is 7.69. The summed E-state index contributed by atoms with van der Waals surface area (Å²) < 4.78 is 28.1. The summed E-state index contributed by atoms with van der Waals surface area (Å²) in [4.78, 5) is 2.71. The number of benzene rings is 3. The average Bonchev–Trinajstić information content (AvgIpc) is 2.92. The Kier molecular flexibility index (Phi) is 10.4. The Hall–Kier alpha value is -2.22. The van der Waals surface area contributed by atoms with Gasteiger partial charge >= 0.3 is 0 Å². The van der Waals surface area contributed by atoms with Crippen molar-refractivity contribution in [2.24, 2.45) is 0 Å². The first-order valence-corrected chi connectivity index (χ1v) is 15.5. The number of hydrogen-bond acceptors (Lipinski definition) is 4. The standard InChI is InChI=1S/C31H39ClN2O3S/c32-29-13-7-12-28(25-29)27(16-21-33-38(36,37)30-14-5-2-6-15-30)17-22-34-23-19-31(35,20-24-34)18-8-11-26-9-3-1-4-10-26/h1-7,9-10,12-15,25,27,33,35H,8,11,16-24H2. The fraction of sp³-hybridized carbons (Fsp3) is 0.419. The van der Waals surface area contributed by atoms with Gasteiger partial charge in [-0.25, -0.2) is 13.1 Å². The van der Waals surface area contributed by atoms with Crippen molar-refractivity contribution in [3.8, 4) is 0 Å². The van der Waals surface area contributed by atoms with E-state index >= 15 is 0 Å². The Morgan fingerprint density at radius 3 is 2.29 bits per heavy atom. The highest BCUT2D eigenvalue weighted by Gasteiger charge is 2.31. The monoisotopic (exact) mass is 554 g/mol. The van der Waals surface area contributed by atoms with Gasteiger partial charge < -0.3 is 10.0 Å². The van der Waals surface area contributed by atoms with Gasteiger partial charge in [0.05, 0.1) is 10.5 Å². The zero-order valence-electron chi connectivity index (χ0n) is 21.9. The number of piperidine rings is 1. The van der Waals surface area contributed by atoms with Crippen molar-refractivity contribution >= 4 is 21.6 Å². The normalized spacial score (nSPS) is 16.8. The molecule has 5 nitrogen and oxygen atoms in total. The molecule has 1 aliphatic rings. The smallest absolute Gasteiger partial charge is 0.240 e. The predicted octanol–water partition coefficient (Wildman–Crippen LogP) is 6.03. The Morgan fingerprint density at radius 2 is 1.61 bits per heavy atom. The van der Waals surface area contributed by atoms with E-state index in [1.165, 1.54) is 5.56 Å². The van der Waals surface area contributed by atoms with Crippen LogP contribution in [-0.4, -0.2) is 50.2 Å². The summed E-state index contributed by atoms with van der Waals surface area (Å²) in [7, 11) is -3.53. The molecule has 1 saturated heterocycles. The first kappa shape index (κ1) is 28.8. The molecule has 204 valence electrons. The van der Waals surface area contributed by atoms with Crippen LogP contribution in [0.5, 0.6) is 0 Å². The molecule has 0 bridgehead atoms. The Bertz CT molecular complexity index is 1230. The predicted molar refractivity (Wildman–Crippen MR) is 155 cm³/mol. The number of rotatable bonds is 13. The molecule has 4 rings (SSSR count). The fourth-order valence-electron chi connectivity index (χ4n) is 5.34. The van der Waals surface area contributed by atoms with Crippen molar-refractivity contribution in [2.75, 3.05) is 26.2 Å². The lowest BCUT2D eigenvalue weighted by Crippen LogP contribution is -2.44.